The van der Waals surface area contributed by atoms with E-state index in [-0.39, 0.29) is 12.6 Å². The van der Waals surface area contributed by atoms with Crippen molar-refractivity contribution in [2.24, 2.45) is 5.73 Å². The molecular weight excluding hydrogens is 166 g/mol. The molecule has 0 saturated heterocycles. The molecule has 13 heavy (non-hydrogen) atoms. The molecule has 1 atom stereocenters. The molecule has 0 aliphatic heterocycles. The molecule has 1 heterocycles. The van der Waals surface area contributed by atoms with E-state index in [0.717, 1.165) is 5.56 Å². The Bertz CT molecular complexity index is 257. The topological polar surface area (TPSA) is 64.1 Å². The Hall–Kier alpha value is -0.870. The average molecular weight is 183 g/mol. The van der Waals surface area contributed by atoms with Crippen LogP contribution in [0.4, 0.5) is 0 Å². The molecule has 0 aromatic carbocycles. The Morgan fingerprint density at radius 2 is 2.31 bits per heavy atom. The fourth-order valence-electron chi connectivity index (χ4n) is 1.13. The van der Waals surface area contributed by atoms with Gasteiger partial charge in [-0.05, 0) is 20.3 Å². The van der Waals surface area contributed by atoms with Crippen molar-refractivity contribution in [3.8, 4) is 0 Å². The first kappa shape index (κ1) is 10.2. The fourth-order valence-corrected chi connectivity index (χ4v) is 1.13. The molecule has 0 aliphatic rings. The van der Waals surface area contributed by atoms with Crippen LogP contribution in [0.15, 0.2) is 12.4 Å². The molecule has 1 rings (SSSR count). The quantitative estimate of drug-likeness (QED) is 0.727. The van der Waals surface area contributed by atoms with Crippen molar-refractivity contribution in [3.63, 3.8) is 0 Å². The van der Waals surface area contributed by atoms with Crippen LogP contribution < -0.4 is 5.73 Å². The fraction of sp³-hybridized carbons (Fsp3) is 0.667. The second-order valence-electron chi connectivity index (χ2n) is 3.47. The summed E-state index contributed by atoms with van der Waals surface area (Å²) in [6, 6.07) is 0.257. The molecule has 4 heteroatoms. The van der Waals surface area contributed by atoms with Crippen molar-refractivity contribution in [2.75, 3.05) is 6.61 Å². The summed E-state index contributed by atoms with van der Waals surface area (Å²) in [7, 11) is 0. The lowest BCUT2D eigenvalue weighted by Crippen LogP contribution is -2.11. The minimum atomic E-state index is -0.0995. The van der Waals surface area contributed by atoms with E-state index < -0.39 is 0 Å². The highest BCUT2D eigenvalue weighted by Crippen LogP contribution is 2.14. The van der Waals surface area contributed by atoms with Crippen LogP contribution in [0.1, 0.15) is 37.9 Å². The van der Waals surface area contributed by atoms with Crippen molar-refractivity contribution in [1.29, 1.82) is 0 Å². The third kappa shape index (κ3) is 2.54. The van der Waals surface area contributed by atoms with Crippen LogP contribution in [0.5, 0.6) is 0 Å². The lowest BCUT2D eigenvalue weighted by molar-refractivity contribution is 0.276. The summed E-state index contributed by atoms with van der Waals surface area (Å²) in [5.74, 6) is 0. The number of aliphatic hydroxyl groups excluding tert-OH is 1. The standard InChI is InChI=1S/C9H17N3O/c1-7(2)12-6-8(5-11-12)9(10)3-4-13/h5-7,9,13H,3-4,10H2,1-2H3/t9-/m1/s1. The Balaban J connectivity index is 2.67. The number of rotatable bonds is 4. The summed E-state index contributed by atoms with van der Waals surface area (Å²) in [5, 5.41) is 12.9. The van der Waals surface area contributed by atoms with E-state index in [1.165, 1.54) is 0 Å². The highest BCUT2D eigenvalue weighted by Gasteiger charge is 2.08. The first-order valence-electron chi connectivity index (χ1n) is 4.55. The van der Waals surface area contributed by atoms with E-state index in [4.69, 9.17) is 10.8 Å². The van der Waals surface area contributed by atoms with Crippen molar-refractivity contribution in [3.05, 3.63) is 18.0 Å². The zero-order valence-corrected chi connectivity index (χ0v) is 8.14. The summed E-state index contributed by atoms with van der Waals surface area (Å²) < 4.78 is 1.87. The molecule has 0 spiro atoms. The lowest BCUT2D eigenvalue weighted by atomic mass is 10.1. The van der Waals surface area contributed by atoms with E-state index in [9.17, 15) is 0 Å². The number of nitrogens with two attached hydrogens (primary N) is 1. The van der Waals surface area contributed by atoms with Gasteiger partial charge >= 0.3 is 0 Å². The number of hydrogen-bond acceptors (Lipinski definition) is 3. The molecule has 3 N–H and O–H groups in total. The second kappa shape index (κ2) is 4.39. The maximum atomic E-state index is 8.71. The molecule has 0 aliphatic carbocycles. The zero-order chi connectivity index (χ0) is 9.84. The van der Waals surface area contributed by atoms with Gasteiger partial charge in [-0.2, -0.15) is 5.10 Å². The average Bonchev–Trinajstić information content (AvgIpc) is 2.52. The monoisotopic (exact) mass is 183 g/mol. The summed E-state index contributed by atoms with van der Waals surface area (Å²) >= 11 is 0. The smallest absolute Gasteiger partial charge is 0.0537 e. The summed E-state index contributed by atoms with van der Waals surface area (Å²) in [4.78, 5) is 0. The maximum absolute atomic E-state index is 8.71. The number of aromatic nitrogens is 2. The molecule has 0 unspecified atom stereocenters. The predicted molar refractivity (Wildman–Crippen MR) is 51.2 cm³/mol. The van der Waals surface area contributed by atoms with Crippen molar-refractivity contribution < 1.29 is 5.11 Å². The molecule has 0 fully saturated rings. The lowest BCUT2D eigenvalue weighted by Gasteiger charge is -2.07. The Kier molecular flexibility index (Phi) is 3.45. The van der Waals surface area contributed by atoms with Crippen LogP contribution in [-0.2, 0) is 0 Å². The Labute approximate surface area is 78.4 Å². The molecule has 4 nitrogen and oxygen atoms in total. The van der Waals surface area contributed by atoms with Gasteiger partial charge < -0.3 is 10.8 Å². The number of aliphatic hydroxyl groups is 1. The minimum absolute atomic E-state index is 0.0995. The van der Waals surface area contributed by atoms with Gasteiger partial charge in [0, 0.05) is 30.5 Å². The molecule has 0 radical (unpaired) electrons. The third-order valence-corrected chi connectivity index (χ3v) is 2.02. The maximum Gasteiger partial charge on any atom is 0.0537 e. The van der Waals surface area contributed by atoms with Gasteiger partial charge in [-0.15, -0.1) is 0 Å². The molecule has 0 saturated carbocycles. The van der Waals surface area contributed by atoms with Gasteiger partial charge in [0.15, 0.2) is 0 Å². The largest absolute Gasteiger partial charge is 0.396 e. The van der Waals surface area contributed by atoms with Crippen LogP contribution in [0.2, 0.25) is 0 Å². The van der Waals surface area contributed by atoms with E-state index in [1.54, 1.807) is 6.20 Å². The van der Waals surface area contributed by atoms with E-state index >= 15 is 0 Å². The molecular formula is C9H17N3O. The first-order valence-corrected chi connectivity index (χ1v) is 4.55. The molecule has 0 amide bonds. The van der Waals surface area contributed by atoms with Crippen molar-refractivity contribution >= 4 is 0 Å². The van der Waals surface area contributed by atoms with E-state index in [0.29, 0.717) is 12.5 Å². The highest BCUT2D eigenvalue weighted by atomic mass is 16.3. The minimum Gasteiger partial charge on any atom is -0.396 e. The molecule has 1 aromatic heterocycles. The van der Waals surface area contributed by atoms with Gasteiger partial charge in [0.1, 0.15) is 0 Å². The van der Waals surface area contributed by atoms with Gasteiger partial charge in [0.2, 0.25) is 0 Å². The van der Waals surface area contributed by atoms with Crippen LogP contribution in [0.25, 0.3) is 0 Å². The van der Waals surface area contributed by atoms with Crippen molar-refractivity contribution in [1.82, 2.24) is 9.78 Å². The second-order valence-corrected chi connectivity index (χ2v) is 3.47. The summed E-state index contributed by atoms with van der Waals surface area (Å²) in [6.45, 7) is 4.25. The van der Waals surface area contributed by atoms with E-state index in [2.05, 4.69) is 18.9 Å². The third-order valence-electron chi connectivity index (χ3n) is 2.02. The predicted octanol–water partition coefficient (Wildman–Crippen LogP) is 0.846. The van der Waals surface area contributed by atoms with Crippen LogP contribution >= 0.6 is 0 Å². The van der Waals surface area contributed by atoms with Gasteiger partial charge in [0.05, 0.1) is 6.20 Å². The summed E-state index contributed by atoms with van der Waals surface area (Å²) in [5.41, 5.74) is 6.79. The van der Waals surface area contributed by atoms with Crippen LogP contribution in [0, 0.1) is 0 Å². The van der Waals surface area contributed by atoms with Gasteiger partial charge in [0.25, 0.3) is 0 Å². The number of hydrogen-bond donors (Lipinski definition) is 2. The van der Waals surface area contributed by atoms with Gasteiger partial charge in [-0.25, -0.2) is 0 Å². The molecule has 74 valence electrons. The number of nitrogens with zero attached hydrogens (tertiary/aromatic N) is 2. The Morgan fingerprint density at radius 3 is 2.77 bits per heavy atom. The van der Waals surface area contributed by atoms with Crippen LogP contribution in [-0.4, -0.2) is 21.5 Å². The molecule has 0 bridgehead atoms. The SMILES string of the molecule is CC(C)n1cc([C@H](N)CCO)cn1. The summed E-state index contributed by atoms with van der Waals surface area (Å²) in [6.07, 6.45) is 4.29. The first-order chi connectivity index (χ1) is 6.15. The highest BCUT2D eigenvalue weighted by molar-refractivity contribution is 5.09. The Morgan fingerprint density at radius 1 is 1.62 bits per heavy atom. The van der Waals surface area contributed by atoms with Crippen molar-refractivity contribution in [2.45, 2.75) is 32.4 Å². The molecule has 1 aromatic rings. The normalized spacial score (nSPS) is 13.6. The van der Waals surface area contributed by atoms with Gasteiger partial charge in [-0.1, -0.05) is 0 Å². The van der Waals surface area contributed by atoms with Crippen LogP contribution in [0.3, 0.4) is 0 Å². The van der Waals surface area contributed by atoms with Gasteiger partial charge in [-0.3, -0.25) is 4.68 Å². The van der Waals surface area contributed by atoms with E-state index in [1.807, 2.05) is 10.9 Å². The zero-order valence-electron chi connectivity index (χ0n) is 8.14.